The van der Waals surface area contributed by atoms with Crippen LogP contribution in [0.15, 0.2) is 24.3 Å². The summed E-state index contributed by atoms with van der Waals surface area (Å²) < 4.78 is 0. The topological polar surface area (TPSA) is 83.6 Å². The van der Waals surface area contributed by atoms with Gasteiger partial charge in [-0.1, -0.05) is 12.8 Å². The van der Waals surface area contributed by atoms with Gasteiger partial charge in [-0.25, -0.2) is 0 Å². The van der Waals surface area contributed by atoms with Crippen LogP contribution >= 0.6 is 0 Å². The number of hydrogen-bond acceptors (Lipinski definition) is 4. The van der Waals surface area contributed by atoms with Gasteiger partial charge in [-0.15, -0.1) is 0 Å². The number of Topliss-reactive ketones (excluding diaryl/α,β-unsaturated/α-hetero) is 1. The maximum atomic E-state index is 12.2. The van der Waals surface area contributed by atoms with E-state index in [0.717, 1.165) is 31.5 Å². The van der Waals surface area contributed by atoms with E-state index in [1.54, 1.807) is 0 Å². The van der Waals surface area contributed by atoms with Crippen LogP contribution in [0.25, 0.3) is 0 Å². The second-order valence-electron chi connectivity index (χ2n) is 6.54. The average Bonchev–Trinajstić information content (AvgIpc) is 2.62. The van der Waals surface area contributed by atoms with Crippen molar-refractivity contribution in [2.45, 2.75) is 57.5 Å². The number of aliphatic hydroxyl groups is 1. The Kier molecular flexibility index (Phi) is 7.25. The maximum Gasteiger partial charge on any atom is 0.246 e. The summed E-state index contributed by atoms with van der Waals surface area (Å²) in [5, 5.41) is 9.30. The molecule has 0 aromatic heterocycles. The molecule has 0 aliphatic carbocycles. The number of nitrogens with two attached hydrogens (primary N) is 1. The maximum absolute atomic E-state index is 12.2. The number of rotatable bonds is 9. The number of primary amides is 1. The molecule has 0 bridgehead atoms. The molecule has 1 unspecified atom stereocenters. The van der Waals surface area contributed by atoms with Gasteiger partial charge >= 0.3 is 0 Å². The lowest BCUT2D eigenvalue weighted by Crippen LogP contribution is -2.29. The number of hydrogen-bond donors (Lipinski definition) is 2. The monoisotopic (exact) mass is 332 g/mol. The van der Waals surface area contributed by atoms with Gasteiger partial charge in [-0.2, -0.15) is 0 Å². The molecule has 5 heteroatoms. The van der Waals surface area contributed by atoms with E-state index in [-0.39, 0.29) is 5.78 Å². The number of aliphatic hydroxyl groups excluding tert-OH is 1. The molecule has 1 saturated heterocycles. The second kappa shape index (κ2) is 9.42. The molecule has 1 aromatic carbocycles. The van der Waals surface area contributed by atoms with Gasteiger partial charge in [0.15, 0.2) is 5.78 Å². The van der Waals surface area contributed by atoms with Gasteiger partial charge in [0.25, 0.3) is 0 Å². The first kappa shape index (κ1) is 18.5. The first-order valence-electron chi connectivity index (χ1n) is 8.93. The third-order valence-corrected chi connectivity index (χ3v) is 4.62. The summed E-state index contributed by atoms with van der Waals surface area (Å²) >= 11 is 0. The Morgan fingerprint density at radius 1 is 1.04 bits per heavy atom. The molecule has 5 nitrogen and oxygen atoms in total. The van der Waals surface area contributed by atoms with Gasteiger partial charge < -0.3 is 15.7 Å². The van der Waals surface area contributed by atoms with Crippen LogP contribution in [0.4, 0.5) is 5.69 Å². The highest BCUT2D eigenvalue weighted by Gasteiger charge is 2.12. The highest BCUT2D eigenvalue weighted by Crippen LogP contribution is 2.21. The van der Waals surface area contributed by atoms with E-state index in [0.29, 0.717) is 19.3 Å². The third kappa shape index (κ3) is 5.64. The zero-order valence-electron chi connectivity index (χ0n) is 14.2. The summed E-state index contributed by atoms with van der Waals surface area (Å²) in [4.78, 5) is 25.3. The van der Waals surface area contributed by atoms with E-state index in [2.05, 4.69) is 4.90 Å². The molecule has 1 atom stereocenters. The number of piperidine rings is 1. The standard InChI is InChI=1S/C19H28N2O3/c20-19(24)18(23)8-4-1-3-7-17(22)15-9-11-16(12-10-15)21-13-5-2-6-14-21/h9-12,18,23H,1-8,13-14H2,(H2,20,24). The van der Waals surface area contributed by atoms with Crippen molar-refractivity contribution >= 4 is 17.4 Å². The second-order valence-corrected chi connectivity index (χ2v) is 6.54. The first-order valence-corrected chi connectivity index (χ1v) is 8.93. The van der Waals surface area contributed by atoms with E-state index in [9.17, 15) is 14.7 Å². The lowest BCUT2D eigenvalue weighted by atomic mass is 10.0. The summed E-state index contributed by atoms with van der Waals surface area (Å²) in [6, 6.07) is 7.93. The number of nitrogens with zero attached hydrogens (tertiary/aromatic N) is 1. The Bertz CT molecular complexity index is 536. The average molecular weight is 332 g/mol. The number of carbonyl (C=O) groups excluding carboxylic acids is 2. The first-order chi connectivity index (χ1) is 11.6. The van der Waals surface area contributed by atoms with Crippen molar-refractivity contribution < 1.29 is 14.7 Å². The minimum atomic E-state index is -1.07. The number of anilines is 1. The normalized spacial score (nSPS) is 16.0. The fourth-order valence-electron chi connectivity index (χ4n) is 3.10. The predicted molar refractivity (Wildman–Crippen MR) is 95.1 cm³/mol. The number of ketones is 1. The molecular formula is C19H28N2O3. The lowest BCUT2D eigenvalue weighted by Gasteiger charge is -2.28. The van der Waals surface area contributed by atoms with Gasteiger partial charge in [0.05, 0.1) is 0 Å². The van der Waals surface area contributed by atoms with E-state index in [1.165, 1.54) is 24.9 Å². The Morgan fingerprint density at radius 2 is 1.71 bits per heavy atom. The van der Waals surface area contributed by atoms with Crippen molar-refractivity contribution in [2.24, 2.45) is 5.73 Å². The third-order valence-electron chi connectivity index (χ3n) is 4.62. The Labute approximate surface area is 143 Å². The van der Waals surface area contributed by atoms with Gasteiger partial charge in [-0.05, 0) is 56.4 Å². The molecule has 1 aromatic rings. The zero-order chi connectivity index (χ0) is 17.4. The number of carbonyl (C=O) groups is 2. The van der Waals surface area contributed by atoms with Crippen molar-refractivity contribution in [1.29, 1.82) is 0 Å². The summed E-state index contributed by atoms with van der Waals surface area (Å²) in [5.41, 5.74) is 6.95. The van der Waals surface area contributed by atoms with Crippen LogP contribution in [0, 0.1) is 0 Å². The molecule has 0 spiro atoms. The molecule has 132 valence electrons. The predicted octanol–water partition coefficient (Wildman–Crippen LogP) is 2.66. The highest BCUT2D eigenvalue weighted by atomic mass is 16.3. The molecule has 24 heavy (non-hydrogen) atoms. The lowest BCUT2D eigenvalue weighted by molar-refractivity contribution is -0.126. The quantitative estimate of drug-likeness (QED) is 0.538. The summed E-state index contributed by atoms with van der Waals surface area (Å²) in [7, 11) is 0. The SMILES string of the molecule is NC(=O)C(O)CCCCCC(=O)c1ccc(N2CCCCC2)cc1. The molecule has 1 amide bonds. The molecule has 0 radical (unpaired) electrons. The fraction of sp³-hybridized carbons (Fsp3) is 0.579. The zero-order valence-corrected chi connectivity index (χ0v) is 14.2. The highest BCUT2D eigenvalue weighted by molar-refractivity contribution is 5.96. The largest absolute Gasteiger partial charge is 0.383 e. The van der Waals surface area contributed by atoms with Gasteiger partial charge in [0.1, 0.15) is 6.10 Å². The van der Waals surface area contributed by atoms with Gasteiger partial charge in [0, 0.05) is 30.8 Å². The smallest absolute Gasteiger partial charge is 0.246 e. The van der Waals surface area contributed by atoms with E-state index >= 15 is 0 Å². The van der Waals surface area contributed by atoms with Crippen molar-refractivity contribution in [3.63, 3.8) is 0 Å². The summed E-state index contributed by atoms with van der Waals surface area (Å²) in [6.07, 6.45) is 5.86. The van der Waals surface area contributed by atoms with Crippen molar-refractivity contribution in [3.05, 3.63) is 29.8 Å². The molecule has 3 N–H and O–H groups in total. The number of unbranched alkanes of at least 4 members (excludes halogenated alkanes) is 2. The van der Waals surface area contributed by atoms with E-state index in [4.69, 9.17) is 5.73 Å². The van der Waals surface area contributed by atoms with Crippen LogP contribution in [0.2, 0.25) is 0 Å². The minimum absolute atomic E-state index is 0.149. The van der Waals surface area contributed by atoms with Crippen molar-refractivity contribution in [3.8, 4) is 0 Å². The van der Waals surface area contributed by atoms with Crippen LogP contribution in [-0.4, -0.2) is 36.0 Å². The van der Waals surface area contributed by atoms with Crippen molar-refractivity contribution in [1.82, 2.24) is 0 Å². The van der Waals surface area contributed by atoms with Crippen LogP contribution in [-0.2, 0) is 4.79 Å². The molecule has 0 saturated carbocycles. The van der Waals surface area contributed by atoms with Gasteiger partial charge in [-0.3, -0.25) is 9.59 Å². The number of amides is 1. The van der Waals surface area contributed by atoms with Crippen LogP contribution < -0.4 is 10.6 Å². The molecule has 1 aliphatic heterocycles. The minimum Gasteiger partial charge on any atom is -0.383 e. The van der Waals surface area contributed by atoms with Crippen LogP contribution in [0.1, 0.15) is 61.7 Å². The Morgan fingerprint density at radius 3 is 2.33 bits per heavy atom. The molecule has 1 fully saturated rings. The Balaban J connectivity index is 1.71. The van der Waals surface area contributed by atoms with Crippen LogP contribution in [0.3, 0.4) is 0 Å². The summed E-state index contributed by atoms with van der Waals surface area (Å²) in [5.74, 6) is -0.532. The van der Waals surface area contributed by atoms with E-state index in [1.807, 2.05) is 24.3 Å². The molecular weight excluding hydrogens is 304 g/mol. The molecule has 1 heterocycles. The Hall–Kier alpha value is -1.88. The van der Waals surface area contributed by atoms with E-state index < -0.39 is 12.0 Å². The molecule has 2 rings (SSSR count). The molecule has 1 aliphatic rings. The summed E-state index contributed by atoms with van der Waals surface area (Å²) in [6.45, 7) is 2.20. The van der Waals surface area contributed by atoms with Crippen LogP contribution in [0.5, 0.6) is 0 Å². The van der Waals surface area contributed by atoms with Crippen molar-refractivity contribution in [2.75, 3.05) is 18.0 Å². The number of benzene rings is 1. The fourth-order valence-corrected chi connectivity index (χ4v) is 3.10. The van der Waals surface area contributed by atoms with Gasteiger partial charge in [0.2, 0.25) is 5.91 Å².